The van der Waals surface area contributed by atoms with E-state index < -0.39 is 17.7 Å². The second-order valence-electron chi connectivity index (χ2n) is 6.46. The van der Waals surface area contributed by atoms with Gasteiger partial charge in [0, 0.05) is 11.5 Å². The highest BCUT2D eigenvalue weighted by molar-refractivity contribution is 7.09. The molecule has 0 spiro atoms. The van der Waals surface area contributed by atoms with Crippen molar-refractivity contribution >= 4 is 23.3 Å². The van der Waals surface area contributed by atoms with Gasteiger partial charge in [-0.05, 0) is 55.3 Å². The average molecular weight is 414 g/mol. The second-order valence-corrected chi connectivity index (χ2v) is 7.52. The predicted molar refractivity (Wildman–Crippen MR) is 110 cm³/mol. The molecule has 0 saturated heterocycles. The van der Waals surface area contributed by atoms with Crippen molar-refractivity contribution in [2.75, 3.05) is 0 Å². The minimum Gasteiger partial charge on any atom is -0.487 e. The number of ether oxygens (including phenoxy) is 1. The zero-order valence-electron chi connectivity index (χ0n) is 16.0. The number of halogens is 2. The van der Waals surface area contributed by atoms with E-state index in [4.69, 9.17) is 4.74 Å². The maximum atomic E-state index is 13.3. The van der Waals surface area contributed by atoms with Crippen molar-refractivity contribution in [2.45, 2.75) is 26.5 Å². The number of thiazole rings is 1. The van der Waals surface area contributed by atoms with Gasteiger partial charge < -0.3 is 10.1 Å². The van der Waals surface area contributed by atoms with E-state index in [0.29, 0.717) is 17.9 Å². The van der Waals surface area contributed by atoms with Crippen LogP contribution in [0.5, 0.6) is 5.75 Å². The van der Waals surface area contributed by atoms with E-state index in [2.05, 4.69) is 10.3 Å². The standard InChI is InChI=1S/C22H20F2N2O2S/c1-14(17-7-8-20(23)21(24)11-17)25-22(27)9-6-16-4-3-5-19(10-16)28-12-18-13-29-15(2)26-18/h3-11,13-14H,12H2,1-2H3,(H,25,27)/b9-6+. The van der Waals surface area contributed by atoms with Crippen molar-refractivity contribution in [3.63, 3.8) is 0 Å². The third-order valence-corrected chi connectivity index (χ3v) is 4.96. The van der Waals surface area contributed by atoms with Crippen LogP contribution in [0.25, 0.3) is 6.08 Å². The fraction of sp³-hybridized carbons (Fsp3) is 0.182. The maximum Gasteiger partial charge on any atom is 0.244 e. The number of aryl methyl sites for hydroxylation is 1. The molecule has 3 aromatic rings. The summed E-state index contributed by atoms with van der Waals surface area (Å²) in [6.45, 7) is 4.02. The van der Waals surface area contributed by atoms with Crippen LogP contribution in [0.4, 0.5) is 8.78 Å². The molecule has 0 fully saturated rings. The van der Waals surface area contributed by atoms with Crippen molar-refractivity contribution in [3.05, 3.63) is 87.4 Å². The number of benzene rings is 2. The molecular formula is C22H20F2N2O2S. The van der Waals surface area contributed by atoms with Gasteiger partial charge in [-0.1, -0.05) is 18.2 Å². The number of hydrogen-bond donors (Lipinski definition) is 1. The van der Waals surface area contributed by atoms with Crippen LogP contribution in [0.2, 0.25) is 0 Å². The summed E-state index contributed by atoms with van der Waals surface area (Å²) in [6.07, 6.45) is 3.05. The van der Waals surface area contributed by atoms with Crippen LogP contribution in [0.15, 0.2) is 53.9 Å². The van der Waals surface area contributed by atoms with Gasteiger partial charge in [0.05, 0.1) is 16.7 Å². The summed E-state index contributed by atoms with van der Waals surface area (Å²) in [6, 6.07) is 10.4. The molecule has 7 heteroatoms. The highest BCUT2D eigenvalue weighted by atomic mass is 32.1. The molecule has 2 aromatic carbocycles. The molecule has 1 unspecified atom stereocenters. The predicted octanol–water partition coefficient (Wildman–Crippen LogP) is 5.20. The Labute approximate surface area is 171 Å². The van der Waals surface area contributed by atoms with E-state index in [-0.39, 0.29) is 5.91 Å². The minimum atomic E-state index is -0.941. The van der Waals surface area contributed by atoms with Gasteiger partial charge in [0.25, 0.3) is 0 Å². The zero-order valence-corrected chi connectivity index (χ0v) is 16.8. The van der Waals surface area contributed by atoms with Gasteiger partial charge in [0.15, 0.2) is 11.6 Å². The summed E-state index contributed by atoms with van der Waals surface area (Å²) in [7, 11) is 0. The third-order valence-electron chi connectivity index (χ3n) is 4.14. The number of nitrogens with one attached hydrogen (secondary N) is 1. The number of rotatable bonds is 7. The second kappa shape index (κ2) is 9.43. The number of carbonyl (C=O) groups excluding carboxylic acids is 1. The molecule has 3 rings (SSSR count). The summed E-state index contributed by atoms with van der Waals surface area (Å²) < 4.78 is 32.1. The van der Waals surface area contributed by atoms with E-state index in [0.717, 1.165) is 28.4 Å². The Kier molecular flexibility index (Phi) is 6.72. The van der Waals surface area contributed by atoms with E-state index >= 15 is 0 Å². The first-order valence-electron chi connectivity index (χ1n) is 8.98. The fourth-order valence-electron chi connectivity index (χ4n) is 2.64. The van der Waals surface area contributed by atoms with E-state index in [9.17, 15) is 13.6 Å². The first-order valence-corrected chi connectivity index (χ1v) is 9.86. The molecule has 0 radical (unpaired) electrons. The summed E-state index contributed by atoms with van der Waals surface area (Å²) in [5.74, 6) is -1.53. The number of nitrogens with zero attached hydrogens (tertiary/aromatic N) is 1. The topological polar surface area (TPSA) is 51.2 Å². The largest absolute Gasteiger partial charge is 0.487 e. The molecule has 1 N–H and O–H groups in total. The fourth-order valence-corrected chi connectivity index (χ4v) is 3.24. The highest BCUT2D eigenvalue weighted by Crippen LogP contribution is 2.18. The van der Waals surface area contributed by atoms with Crippen LogP contribution in [-0.4, -0.2) is 10.9 Å². The molecule has 1 aromatic heterocycles. The van der Waals surface area contributed by atoms with Gasteiger partial charge in [-0.25, -0.2) is 13.8 Å². The summed E-state index contributed by atoms with van der Waals surface area (Å²) in [4.78, 5) is 16.5. The normalized spacial score (nSPS) is 12.1. The number of aromatic nitrogens is 1. The van der Waals surface area contributed by atoms with Gasteiger partial charge in [-0.2, -0.15) is 0 Å². The van der Waals surface area contributed by atoms with Gasteiger partial charge in [-0.15, -0.1) is 11.3 Å². The van der Waals surface area contributed by atoms with Crippen molar-refractivity contribution in [1.29, 1.82) is 0 Å². The van der Waals surface area contributed by atoms with Crippen molar-refractivity contribution < 1.29 is 18.3 Å². The van der Waals surface area contributed by atoms with Crippen LogP contribution < -0.4 is 10.1 Å². The van der Waals surface area contributed by atoms with Crippen molar-refractivity contribution in [3.8, 4) is 5.75 Å². The molecule has 0 bridgehead atoms. The lowest BCUT2D eigenvalue weighted by Crippen LogP contribution is -2.24. The molecular weight excluding hydrogens is 394 g/mol. The van der Waals surface area contributed by atoms with Gasteiger partial charge in [0.2, 0.25) is 5.91 Å². The third kappa shape index (κ3) is 5.96. The summed E-state index contributed by atoms with van der Waals surface area (Å²) >= 11 is 1.57. The van der Waals surface area contributed by atoms with Crippen LogP contribution in [0, 0.1) is 18.6 Å². The lowest BCUT2D eigenvalue weighted by atomic mass is 10.1. The maximum absolute atomic E-state index is 13.3. The van der Waals surface area contributed by atoms with Crippen molar-refractivity contribution in [1.82, 2.24) is 10.3 Å². The quantitative estimate of drug-likeness (QED) is 0.541. The molecule has 0 saturated carbocycles. The van der Waals surface area contributed by atoms with Gasteiger partial charge in [-0.3, -0.25) is 4.79 Å². The van der Waals surface area contributed by atoms with Crippen LogP contribution in [-0.2, 0) is 11.4 Å². The molecule has 0 aliphatic rings. The molecule has 150 valence electrons. The Morgan fingerprint density at radius 3 is 2.79 bits per heavy atom. The SMILES string of the molecule is Cc1nc(COc2cccc(/C=C/C(=O)NC(C)c3ccc(F)c(F)c3)c2)cs1. The molecule has 29 heavy (non-hydrogen) atoms. The molecule has 1 amide bonds. The molecule has 1 heterocycles. The summed E-state index contributed by atoms with van der Waals surface area (Å²) in [5, 5.41) is 5.67. The number of carbonyl (C=O) groups is 1. The Morgan fingerprint density at radius 1 is 1.24 bits per heavy atom. The van der Waals surface area contributed by atoms with Gasteiger partial charge in [0.1, 0.15) is 12.4 Å². The van der Waals surface area contributed by atoms with Crippen molar-refractivity contribution in [2.24, 2.45) is 0 Å². The molecule has 1 atom stereocenters. The summed E-state index contributed by atoms with van der Waals surface area (Å²) in [5.41, 5.74) is 2.16. The Balaban J connectivity index is 1.57. The average Bonchev–Trinajstić information content (AvgIpc) is 3.12. The Hall–Kier alpha value is -3.06. The van der Waals surface area contributed by atoms with Crippen LogP contribution >= 0.6 is 11.3 Å². The first kappa shape index (κ1) is 20.7. The Bertz CT molecular complexity index is 1030. The monoisotopic (exact) mass is 414 g/mol. The molecule has 4 nitrogen and oxygen atoms in total. The molecule has 0 aliphatic heterocycles. The first-order chi connectivity index (χ1) is 13.9. The van der Waals surface area contributed by atoms with Crippen LogP contribution in [0.3, 0.4) is 0 Å². The van der Waals surface area contributed by atoms with E-state index in [1.807, 2.05) is 36.6 Å². The lowest BCUT2D eigenvalue weighted by molar-refractivity contribution is -0.117. The highest BCUT2D eigenvalue weighted by Gasteiger charge is 2.10. The van der Waals surface area contributed by atoms with E-state index in [1.54, 1.807) is 24.3 Å². The molecule has 0 aliphatic carbocycles. The van der Waals surface area contributed by atoms with E-state index in [1.165, 1.54) is 12.1 Å². The van der Waals surface area contributed by atoms with Crippen LogP contribution in [0.1, 0.15) is 34.8 Å². The smallest absolute Gasteiger partial charge is 0.244 e. The Morgan fingerprint density at radius 2 is 2.07 bits per heavy atom. The zero-order chi connectivity index (χ0) is 20.8. The lowest BCUT2D eigenvalue weighted by Gasteiger charge is -2.13. The minimum absolute atomic E-state index is 0.341. The number of amides is 1. The number of hydrogen-bond acceptors (Lipinski definition) is 4. The van der Waals surface area contributed by atoms with Gasteiger partial charge >= 0.3 is 0 Å².